The van der Waals surface area contributed by atoms with Crippen molar-refractivity contribution in [1.82, 2.24) is 9.97 Å². The van der Waals surface area contributed by atoms with Crippen LogP contribution in [0.5, 0.6) is 5.75 Å². The summed E-state index contributed by atoms with van der Waals surface area (Å²) in [5.74, 6) is -1.87. The highest BCUT2D eigenvalue weighted by molar-refractivity contribution is 7.95. The molecule has 0 atom stereocenters. The first-order valence-electron chi connectivity index (χ1n) is 13.7. The Morgan fingerprint density at radius 2 is 1.57 bits per heavy atom. The summed E-state index contributed by atoms with van der Waals surface area (Å²) < 4.78 is 42.1. The van der Waals surface area contributed by atoms with E-state index in [1.807, 2.05) is 0 Å². The van der Waals surface area contributed by atoms with E-state index in [-0.39, 0.29) is 49.6 Å². The van der Waals surface area contributed by atoms with Gasteiger partial charge in [0.2, 0.25) is 0 Å². The van der Waals surface area contributed by atoms with Crippen LogP contribution in [0, 0.1) is 0 Å². The molecule has 0 unspecified atom stereocenters. The number of fused-ring (bicyclic) bond motifs is 3. The van der Waals surface area contributed by atoms with Crippen molar-refractivity contribution >= 4 is 101 Å². The van der Waals surface area contributed by atoms with Crippen LogP contribution in [0.15, 0.2) is 108 Å². The largest absolute Gasteiger partial charge is 0.505 e. The van der Waals surface area contributed by atoms with E-state index in [0.717, 1.165) is 24.2 Å². The number of azo groups is 2. The van der Waals surface area contributed by atoms with Gasteiger partial charge in [-0.25, -0.2) is 20.3 Å². The Kier molecular flexibility index (Phi) is 10.3. The van der Waals surface area contributed by atoms with E-state index < -0.39 is 26.7 Å². The van der Waals surface area contributed by atoms with Gasteiger partial charge in [0, 0.05) is 21.1 Å². The molecule has 0 spiro atoms. The predicted molar refractivity (Wildman–Crippen MR) is 180 cm³/mol. The lowest BCUT2D eigenvalue weighted by atomic mass is 10.1. The highest BCUT2D eigenvalue weighted by atomic mass is 32.2. The van der Waals surface area contributed by atoms with Crippen molar-refractivity contribution < 1.29 is 57.2 Å². The number of carboxylic acid groups (broad SMARTS) is 1. The van der Waals surface area contributed by atoms with Crippen LogP contribution in [0.1, 0.15) is 10.5 Å². The smallest absolute Gasteiger partial charge is 0.354 e. The molecule has 22 heteroatoms. The summed E-state index contributed by atoms with van der Waals surface area (Å²) in [4.78, 5) is 20.3. The lowest BCUT2D eigenvalue weighted by Gasteiger charge is -2.11. The molecule has 0 amide bonds. The van der Waals surface area contributed by atoms with Crippen molar-refractivity contribution in [3.05, 3.63) is 78.6 Å². The molecule has 0 radical (unpaired) electrons. The number of carbonyl (C=O) groups is 1. The zero-order chi connectivity index (χ0) is 36.3. The number of hydrogen-bond acceptors (Lipinski definition) is 19. The average Bonchev–Trinajstić information content (AvgIpc) is 3.11. The summed E-state index contributed by atoms with van der Waals surface area (Å²) in [6.07, 6.45) is 1.49. The molecule has 2 heterocycles. The summed E-state index contributed by atoms with van der Waals surface area (Å²) in [6, 6.07) is 15.9. The molecular formula is C29H19N7O12S3. The number of phenolic OH excluding ortho intramolecular Hbond substituents is 1. The van der Waals surface area contributed by atoms with Crippen molar-refractivity contribution in [2.24, 2.45) is 20.5 Å². The molecule has 51 heavy (non-hydrogen) atoms. The van der Waals surface area contributed by atoms with Gasteiger partial charge in [-0.15, -0.1) is 29.1 Å². The molecule has 0 bridgehead atoms. The molecule has 0 fully saturated rings. The maximum Gasteiger partial charge on any atom is 0.354 e. The van der Waals surface area contributed by atoms with Gasteiger partial charge in [-0.05, 0) is 72.1 Å². The van der Waals surface area contributed by atoms with E-state index in [1.54, 1.807) is 24.3 Å². The maximum atomic E-state index is 11.8. The molecular weight excluding hydrogens is 735 g/mol. The normalized spacial score (nSPS) is 12.2. The van der Waals surface area contributed by atoms with Gasteiger partial charge in [0.1, 0.15) is 33.2 Å². The zero-order valence-corrected chi connectivity index (χ0v) is 27.5. The number of nitrogens with zero attached hydrogens (tertiary/aromatic N) is 6. The van der Waals surface area contributed by atoms with Gasteiger partial charge in [0.25, 0.3) is 10.1 Å². The number of hydrogen-bond donors (Lipinski definition) is 6. The van der Waals surface area contributed by atoms with Gasteiger partial charge in [-0.2, -0.15) is 8.42 Å². The van der Waals surface area contributed by atoms with Crippen LogP contribution >= 0.6 is 24.1 Å². The highest BCUT2D eigenvalue weighted by Crippen LogP contribution is 2.46. The summed E-state index contributed by atoms with van der Waals surface area (Å²) in [5.41, 5.74) is 6.24. The van der Waals surface area contributed by atoms with Crippen LogP contribution in [0.2, 0.25) is 0 Å². The van der Waals surface area contributed by atoms with E-state index >= 15 is 0 Å². The van der Waals surface area contributed by atoms with Crippen LogP contribution in [0.25, 0.3) is 32.6 Å². The van der Waals surface area contributed by atoms with Gasteiger partial charge >= 0.3 is 5.97 Å². The van der Waals surface area contributed by atoms with Crippen LogP contribution in [-0.4, -0.2) is 49.6 Å². The SMILES string of the molecule is Nc1cc2c(O)c(/N=N/c3ccc(/N=N/c4cnc5ccc(SOOO)cc5c4)c4ccc(C(=O)O)nc34)c(SOOO)cc2cc1S(=O)(=O)O. The zero-order valence-electron chi connectivity index (χ0n) is 25.0. The third-order valence-electron chi connectivity index (χ3n) is 6.98. The molecule has 6 aromatic rings. The Morgan fingerprint density at radius 3 is 2.31 bits per heavy atom. The van der Waals surface area contributed by atoms with Crippen LogP contribution in [0.3, 0.4) is 0 Å². The number of nitrogens with two attached hydrogens (primary N) is 1. The fourth-order valence-electron chi connectivity index (χ4n) is 4.78. The molecule has 0 saturated carbocycles. The second kappa shape index (κ2) is 14.8. The molecule has 0 aliphatic carbocycles. The molecule has 2 aromatic heterocycles. The van der Waals surface area contributed by atoms with Crippen molar-refractivity contribution in [3.8, 4) is 5.75 Å². The second-order valence-corrected chi connectivity index (χ2v) is 13.0. The van der Waals surface area contributed by atoms with Gasteiger partial charge in [0.15, 0.2) is 5.75 Å². The number of nitrogen functional groups attached to an aromatic ring is 1. The number of aromatic nitrogens is 2. The quantitative estimate of drug-likeness (QED) is 0.0173. The lowest BCUT2D eigenvalue weighted by molar-refractivity contribution is -0.432. The first kappa shape index (κ1) is 35.4. The Hall–Kier alpha value is -5.40. The van der Waals surface area contributed by atoms with Gasteiger partial charge in [-0.3, -0.25) is 9.54 Å². The second-order valence-electron chi connectivity index (χ2n) is 10.1. The summed E-state index contributed by atoms with van der Waals surface area (Å²) >= 11 is 1.15. The minimum absolute atomic E-state index is 0.0145. The summed E-state index contributed by atoms with van der Waals surface area (Å²) in [7, 11) is -4.72. The van der Waals surface area contributed by atoms with E-state index in [4.69, 9.17) is 16.2 Å². The molecule has 0 saturated heterocycles. The summed E-state index contributed by atoms with van der Waals surface area (Å²) in [6.45, 7) is 0. The topological polar surface area (TPSA) is 291 Å². The van der Waals surface area contributed by atoms with Gasteiger partial charge in [0.05, 0.1) is 52.1 Å². The fourth-order valence-corrected chi connectivity index (χ4v) is 6.31. The minimum Gasteiger partial charge on any atom is -0.505 e. The third-order valence-corrected chi connectivity index (χ3v) is 9.08. The number of anilines is 1. The molecule has 6 rings (SSSR count). The molecule has 4 aromatic carbocycles. The number of aromatic carboxylic acids is 1. The predicted octanol–water partition coefficient (Wildman–Crippen LogP) is 7.86. The Morgan fingerprint density at radius 1 is 0.824 bits per heavy atom. The van der Waals surface area contributed by atoms with Gasteiger partial charge < -0.3 is 15.9 Å². The number of rotatable bonds is 12. The maximum absolute atomic E-state index is 11.8. The van der Waals surface area contributed by atoms with Crippen LogP contribution in [0.4, 0.5) is 28.4 Å². The van der Waals surface area contributed by atoms with Crippen molar-refractivity contribution in [3.63, 3.8) is 0 Å². The Bertz CT molecular complexity index is 2520. The van der Waals surface area contributed by atoms with E-state index in [1.165, 1.54) is 36.5 Å². The van der Waals surface area contributed by atoms with Gasteiger partial charge in [-0.1, -0.05) is 10.1 Å². The minimum atomic E-state index is -4.72. The molecule has 0 aliphatic heterocycles. The van der Waals surface area contributed by atoms with Crippen molar-refractivity contribution in [2.45, 2.75) is 14.7 Å². The summed E-state index contributed by atoms with van der Waals surface area (Å²) in [5, 5.41) is 63.2. The fraction of sp³-hybridized carbons (Fsp3) is 0. The van der Waals surface area contributed by atoms with E-state index in [2.05, 4.69) is 49.2 Å². The standard InChI is InChI=1S/C29H19N7O12S3/c30-19-11-18-13(10-25(19)51(42,43)44)9-24(50-48-46-41)27(28(18)37)36-35-22-6-5-21(17-2-4-23(29(38)39)32-26(17)22)34-33-15-7-14-8-16(49-47-45-40)1-3-20(14)31-12-15/h1-12,37,40-41H,30H2,(H,38,39)(H,42,43,44)/b34-33+,36-35+. The number of pyridine rings is 2. The van der Waals surface area contributed by atoms with Crippen molar-refractivity contribution in [1.29, 1.82) is 0 Å². The molecule has 19 nitrogen and oxygen atoms in total. The number of phenols is 1. The molecule has 7 N–H and O–H groups in total. The third kappa shape index (κ3) is 7.69. The first-order valence-corrected chi connectivity index (χ1v) is 16.7. The van der Waals surface area contributed by atoms with E-state index in [0.29, 0.717) is 38.9 Å². The highest BCUT2D eigenvalue weighted by Gasteiger charge is 2.21. The monoisotopic (exact) mass is 753 g/mol. The molecule has 0 aliphatic rings. The van der Waals surface area contributed by atoms with Crippen LogP contribution in [-0.2, 0) is 28.9 Å². The van der Waals surface area contributed by atoms with Crippen molar-refractivity contribution in [2.75, 3.05) is 5.73 Å². The first-order chi connectivity index (χ1) is 24.5. The molecule has 260 valence electrons. The lowest BCUT2D eigenvalue weighted by Crippen LogP contribution is -2.03. The Labute approximate surface area is 292 Å². The van der Waals surface area contributed by atoms with E-state index in [9.17, 15) is 28.0 Å². The van der Waals surface area contributed by atoms with Crippen LogP contribution < -0.4 is 5.73 Å². The number of carboxylic acids is 1. The average molecular weight is 754 g/mol. The number of benzene rings is 4. The Balaban J connectivity index is 1.42. The number of aromatic hydroxyl groups is 1.